The van der Waals surface area contributed by atoms with Gasteiger partial charge < -0.3 is 9.84 Å². The van der Waals surface area contributed by atoms with E-state index in [0.29, 0.717) is 25.0 Å². The predicted molar refractivity (Wildman–Crippen MR) is 91.1 cm³/mol. The van der Waals surface area contributed by atoms with Gasteiger partial charge in [-0.1, -0.05) is 67.2 Å². The van der Waals surface area contributed by atoms with E-state index in [1.165, 1.54) is 0 Å². The molecule has 2 rings (SSSR count). The number of benzene rings is 2. The van der Waals surface area contributed by atoms with Crippen molar-refractivity contribution >= 4 is 5.97 Å². The number of hydrogen-bond acceptors (Lipinski definition) is 3. The number of rotatable bonds is 8. The number of carbonyl (C=O) groups excluding carboxylic acids is 1. The van der Waals surface area contributed by atoms with Crippen LogP contribution in [0.2, 0.25) is 0 Å². The minimum atomic E-state index is -0.388. The Morgan fingerprint density at radius 2 is 1.48 bits per heavy atom. The number of aliphatic hydroxyl groups is 1. The molecule has 1 N–H and O–H groups in total. The lowest BCUT2D eigenvalue weighted by atomic mass is 9.85. The van der Waals surface area contributed by atoms with Gasteiger partial charge >= 0.3 is 5.97 Å². The molecule has 0 aliphatic heterocycles. The maximum Gasteiger partial charge on any atom is 0.334 e. The second-order valence-electron chi connectivity index (χ2n) is 5.35. The van der Waals surface area contributed by atoms with E-state index in [1.807, 2.05) is 60.7 Å². The lowest BCUT2D eigenvalue weighted by Crippen LogP contribution is -2.16. The highest BCUT2D eigenvalue weighted by Gasteiger charge is 2.23. The summed E-state index contributed by atoms with van der Waals surface area (Å²) in [6, 6.07) is 19.6. The van der Waals surface area contributed by atoms with Gasteiger partial charge in [0, 0.05) is 18.1 Å². The van der Waals surface area contributed by atoms with Gasteiger partial charge in [0.15, 0.2) is 0 Å². The number of esters is 1. The Bertz CT molecular complexity index is 580. The highest BCUT2D eigenvalue weighted by atomic mass is 16.5. The zero-order valence-electron chi connectivity index (χ0n) is 13.2. The quantitative estimate of drug-likeness (QED) is 0.459. The zero-order chi connectivity index (χ0) is 16.5. The van der Waals surface area contributed by atoms with Crippen LogP contribution in [0.3, 0.4) is 0 Å². The average Bonchev–Trinajstić information content (AvgIpc) is 2.60. The fourth-order valence-electron chi connectivity index (χ4n) is 2.48. The van der Waals surface area contributed by atoms with Crippen LogP contribution in [-0.2, 0) is 9.53 Å². The molecule has 0 atom stereocenters. The maximum atomic E-state index is 12.3. The van der Waals surface area contributed by atoms with E-state index in [4.69, 9.17) is 9.84 Å². The topological polar surface area (TPSA) is 46.5 Å². The molecule has 0 saturated carbocycles. The van der Waals surface area contributed by atoms with E-state index >= 15 is 0 Å². The second-order valence-corrected chi connectivity index (χ2v) is 5.35. The van der Waals surface area contributed by atoms with Crippen LogP contribution in [0.1, 0.15) is 29.9 Å². The molecular formula is C20H22O3. The van der Waals surface area contributed by atoms with Gasteiger partial charge in [0.25, 0.3) is 0 Å². The predicted octanol–water partition coefficient (Wildman–Crippen LogP) is 3.69. The molecule has 0 unspecified atom stereocenters. The maximum absolute atomic E-state index is 12.3. The molecule has 120 valence electrons. The first-order valence-corrected chi connectivity index (χ1v) is 7.80. The lowest BCUT2D eigenvalue weighted by molar-refractivity contribution is -0.139. The number of unbranched alkanes of at least 4 members (excludes halogenated alkanes) is 1. The number of aliphatic hydroxyl groups excluding tert-OH is 1. The van der Waals surface area contributed by atoms with Crippen LogP contribution in [-0.4, -0.2) is 24.3 Å². The monoisotopic (exact) mass is 310 g/mol. The average molecular weight is 310 g/mol. The fourth-order valence-corrected chi connectivity index (χ4v) is 2.48. The minimum Gasteiger partial charge on any atom is -0.462 e. The highest BCUT2D eigenvalue weighted by Crippen LogP contribution is 2.31. The summed E-state index contributed by atoms with van der Waals surface area (Å²) in [6.07, 6.45) is 1.28. The van der Waals surface area contributed by atoms with Crippen molar-refractivity contribution in [2.24, 2.45) is 0 Å². The first-order valence-electron chi connectivity index (χ1n) is 7.80. The Morgan fingerprint density at radius 1 is 0.957 bits per heavy atom. The molecule has 0 fully saturated rings. The van der Waals surface area contributed by atoms with Crippen LogP contribution in [0.5, 0.6) is 0 Å². The van der Waals surface area contributed by atoms with E-state index in [0.717, 1.165) is 11.1 Å². The standard InChI is InChI=1S/C20H22O3/c1-16(20(22)23-15-9-8-14-21)19(17-10-4-2-5-11-17)18-12-6-3-7-13-18/h2-7,10-13,19,21H,1,8-9,14-15H2. The van der Waals surface area contributed by atoms with E-state index in [1.54, 1.807) is 0 Å². The third-order valence-corrected chi connectivity index (χ3v) is 3.66. The molecule has 3 nitrogen and oxygen atoms in total. The van der Waals surface area contributed by atoms with E-state index in [2.05, 4.69) is 6.58 Å². The van der Waals surface area contributed by atoms with Gasteiger partial charge in [-0.05, 0) is 24.0 Å². The molecule has 2 aromatic rings. The van der Waals surface area contributed by atoms with Gasteiger partial charge in [0.2, 0.25) is 0 Å². The molecular weight excluding hydrogens is 288 g/mol. The van der Waals surface area contributed by atoms with Gasteiger partial charge in [0.05, 0.1) is 6.61 Å². The van der Waals surface area contributed by atoms with Crippen LogP contribution in [0, 0.1) is 0 Å². The summed E-state index contributed by atoms with van der Waals surface area (Å²) in [5, 5.41) is 8.77. The summed E-state index contributed by atoms with van der Waals surface area (Å²) in [5.41, 5.74) is 2.44. The molecule has 0 aliphatic rings. The lowest BCUT2D eigenvalue weighted by Gasteiger charge is -2.19. The van der Waals surface area contributed by atoms with Crippen LogP contribution < -0.4 is 0 Å². The van der Waals surface area contributed by atoms with Crippen molar-refractivity contribution in [2.45, 2.75) is 18.8 Å². The van der Waals surface area contributed by atoms with Crippen molar-refractivity contribution < 1.29 is 14.6 Å². The molecule has 0 radical (unpaired) electrons. The normalized spacial score (nSPS) is 10.5. The van der Waals surface area contributed by atoms with Crippen LogP contribution in [0.4, 0.5) is 0 Å². The number of hydrogen-bond donors (Lipinski definition) is 1. The van der Waals surface area contributed by atoms with Gasteiger partial charge in [0.1, 0.15) is 0 Å². The van der Waals surface area contributed by atoms with Gasteiger partial charge in [-0.2, -0.15) is 0 Å². The summed E-state index contributed by atoms with van der Waals surface area (Å²) in [4.78, 5) is 12.3. The number of carbonyl (C=O) groups is 1. The van der Waals surface area contributed by atoms with Crippen LogP contribution in [0.25, 0.3) is 0 Å². The second kappa shape index (κ2) is 8.91. The highest BCUT2D eigenvalue weighted by molar-refractivity contribution is 5.90. The van der Waals surface area contributed by atoms with E-state index in [9.17, 15) is 4.79 Å². The van der Waals surface area contributed by atoms with Crippen molar-refractivity contribution in [1.82, 2.24) is 0 Å². The summed E-state index contributed by atoms with van der Waals surface area (Å²) >= 11 is 0. The van der Waals surface area contributed by atoms with Gasteiger partial charge in [-0.15, -0.1) is 0 Å². The van der Waals surface area contributed by atoms with Crippen molar-refractivity contribution in [2.75, 3.05) is 13.2 Å². The molecule has 0 aromatic heterocycles. The van der Waals surface area contributed by atoms with Gasteiger partial charge in [-0.3, -0.25) is 0 Å². The third kappa shape index (κ3) is 4.80. The van der Waals surface area contributed by atoms with Crippen molar-refractivity contribution in [1.29, 1.82) is 0 Å². The van der Waals surface area contributed by atoms with Crippen molar-refractivity contribution in [3.63, 3.8) is 0 Å². The number of ether oxygens (including phenoxy) is 1. The Hall–Kier alpha value is -2.39. The molecule has 0 spiro atoms. The molecule has 3 heteroatoms. The van der Waals surface area contributed by atoms with Crippen molar-refractivity contribution in [3.05, 3.63) is 83.9 Å². The largest absolute Gasteiger partial charge is 0.462 e. The Morgan fingerprint density at radius 3 is 1.96 bits per heavy atom. The zero-order valence-corrected chi connectivity index (χ0v) is 13.2. The molecule has 0 saturated heterocycles. The molecule has 0 bridgehead atoms. The Kier molecular flexibility index (Phi) is 6.57. The molecule has 0 heterocycles. The third-order valence-electron chi connectivity index (χ3n) is 3.66. The summed E-state index contributed by atoms with van der Waals surface area (Å²) in [7, 11) is 0. The molecule has 0 amide bonds. The molecule has 2 aromatic carbocycles. The smallest absolute Gasteiger partial charge is 0.334 e. The van der Waals surface area contributed by atoms with Crippen molar-refractivity contribution in [3.8, 4) is 0 Å². The first-order chi connectivity index (χ1) is 11.2. The van der Waals surface area contributed by atoms with Crippen LogP contribution >= 0.6 is 0 Å². The first kappa shape index (κ1) is 17.0. The Balaban J connectivity index is 2.17. The molecule has 23 heavy (non-hydrogen) atoms. The minimum absolute atomic E-state index is 0.106. The van der Waals surface area contributed by atoms with E-state index in [-0.39, 0.29) is 18.5 Å². The fraction of sp³-hybridized carbons (Fsp3) is 0.250. The summed E-state index contributed by atoms with van der Waals surface area (Å²) in [6.45, 7) is 4.39. The van der Waals surface area contributed by atoms with E-state index < -0.39 is 0 Å². The van der Waals surface area contributed by atoms with Crippen LogP contribution in [0.15, 0.2) is 72.8 Å². The summed E-state index contributed by atoms with van der Waals surface area (Å²) < 4.78 is 5.28. The Labute approximate surface area is 137 Å². The van der Waals surface area contributed by atoms with Gasteiger partial charge in [-0.25, -0.2) is 4.79 Å². The SMILES string of the molecule is C=C(C(=O)OCCCCO)C(c1ccccc1)c1ccccc1. The molecule has 0 aliphatic carbocycles. The summed E-state index contributed by atoms with van der Waals surface area (Å²) in [5.74, 6) is -0.608.